The molecule has 2 N–H and O–H groups in total. The lowest BCUT2D eigenvalue weighted by Gasteiger charge is -2.34. The number of hydrogen-bond donors (Lipinski definition) is 2. The maximum atomic E-state index is 12.7. The van der Waals surface area contributed by atoms with E-state index in [1.807, 2.05) is 0 Å². The van der Waals surface area contributed by atoms with Gasteiger partial charge < -0.3 is 33.9 Å². The van der Waals surface area contributed by atoms with E-state index in [2.05, 4.69) is 27.7 Å². The van der Waals surface area contributed by atoms with Crippen LogP contribution in [0.3, 0.4) is 0 Å². The third-order valence-corrected chi connectivity index (χ3v) is 9.58. The highest BCUT2D eigenvalue weighted by Gasteiger charge is 2.38. The molecule has 0 bridgehead atoms. The molecule has 0 heterocycles. The second-order valence-electron chi connectivity index (χ2n) is 15.1. The summed E-state index contributed by atoms with van der Waals surface area (Å²) in [6, 6.07) is 0. The number of aliphatic hydroxyl groups excluding tert-OH is 2. The number of ether oxygens (including phenoxy) is 5. The number of carbonyl (C=O) groups excluding carboxylic acids is 4. The lowest BCUT2D eigenvalue weighted by Crippen LogP contribution is -2.46. The average Bonchev–Trinajstić information content (AvgIpc) is 3.16. The Hall–Kier alpha value is -2.24. The largest absolute Gasteiger partial charge is 0.465 e. The molecule has 0 aromatic rings. The highest BCUT2D eigenvalue weighted by atomic mass is 16.6. The molecule has 0 atom stereocenters. The van der Waals surface area contributed by atoms with Crippen LogP contribution in [-0.2, 0) is 42.9 Å². The van der Waals surface area contributed by atoms with Crippen molar-refractivity contribution in [3.8, 4) is 0 Å². The lowest BCUT2D eigenvalue weighted by atomic mass is 9.90. The Morgan fingerprint density at radius 2 is 0.585 bits per heavy atom. The molecule has 0 aliphatic rings. The molecular formula is C42H78O11. The van der Waals surface area contributed by atoms with Crippen LogP contribution >= 0.6 is 0 Å². The molecule has 0 amide bonds. The summed E-state index contributed by atoms with van der Waals surface area (Å²) in [5.74, 6) is -1.63. The van der Waals surface area contributed by atoms with E-state index in [1.165, 1.54) is 0 Å². The van der Waals surface area contributed by atoms with Gasteiger partial charge in [0.1, 0.15) is 26.4 Å². The third-order valence-electron chi connectivity index (χ3n) is 9.58. The van der Waals surface area contributed by atoms with E-state index in [0.29, 0.717) is 25.7 Å². The standard InChI is InChI=1S/C42H78O11/c1-5-9-13-17-21-25-37(45)50-33-41(29-43,34-51-38(46)26-22-18-14-10-6-2)31-49-32-42(30-44,35-52-39(47)27-23-19-15-11-7-3)36-53-40(48)28-24-20-16-12-8-4/h43-44H,5-36H2,1-4H3. The summed E-state index contributed by atoms with van der Waals surface area (Å²) in [5, 5.41) is 21.2. The molecule has 11 nitrogen and oxygen atoms in total. The van der Waals surface area contributed by atoms with Crippen LogP contribution in [0.15, 0.2) is 0 Å². The van der Waals surface area contributed by atoms with Gasteiger partial charge in [-0.25, -0.2) is 0 Å². The predicted octanol–water partition coefficient (Wildman–Crippen LogP) is 8.58. The van der Waals surface area contributed by atoms with E-state index >= 15 is 0 Å². The van der Waals surface area contributed by atoms with Gasteiger partial charge >= 0.3 is 23.9 Å². The molecular weight excluding hydrogens is 680 g/mol. The van der Waals surface area contributed by atoms with Crippen LogP contribution in [0.4, 0.5) is 0 Å². The molecule has 0 spiro atoms. The molecule has 312 valence electrons. The Morgan fingerprint density at radius 3 is 0.792 bits per heavy atom. The zero-order valence-corrected chi connectivity index (χ0v) is 34.2. The number of hydrogen-bond acceptors (Lipinski definition) is 11. The summed E-state index contributed by atoms with van der Waals surface area (Å²) < 4.78 is 28.5. The number of carbonyl (C=O) groups is 4. The van der Waals surface area contributed by atoms with Gasteiger partial charge in [0.25, 0.3) is 0 Å². The fourth-order valence-electron chi connectivity index (χ4n) is 5.72. The van der Waals surface area contributed by atoms with Gasteiger partial charge in [0.2, 0.25) is 0 Å². The fourth-order valence-corrected chi connectivity index (χ4v) is 5.72. The van der Waals surface area contributed by atoms with Crippen molar-refractivity contribution in [2.45, 2.75) is 182 Å². The molecule has 0 radical (unpaired) electrons. The van der Waals surface area contributed by atoms with Crippen LogP contribution in [0, 0.1) is 10.8 Å². The Bertz CT molecular complexity index is 791. The van der Waals surface area contributed by atoms with Crippen molar-refractivity contribution in [1.82, 2.24) is 0 Å². The minimum Gasteiger partial charge on any atom is -0.465 e. The zero-order valence-electron chi connectivity index (χ0n) is 34.2. The van der Waals surface area contributed by atoms with Gasteiger partial charge in [-0.1, -0.05) is 130 Å². The summed E-state index contributed by atoms with van der Waals surface area (Å²) in [6.45, 7) is 6.12. The van der Waals surface area contributed by atoms with Crippen LogP contribution in [0.5, 0.6) is 0 Å². The first-order valence-corrected chi connectivity index (χ1v) is 21.1. The van der Waals surface area contributed by atoms with Gasteiger partial charge in [0.05, 0.1) is 37.3 Å². The molecule has 0 aromatic carbocycles. The molecule has 0 aromatic heterocycles. The maximum absolute atomic E-state index is 12.7. The minimum atomic E-state index is -1.28. The van der Waals surface area contributed by atoms with Crippen molar-refractivity contribution in [3.05, 3.63) is 0 Å². The summed E-state index contributed by atoms with van der Waals surface area (Å²) >= 11 is 0. The van der Waals surface area contributed by atoms with Gasteiger partial charge in [0, 0.05) is 25.7 Å². The smallest absolute Gasteiger partial charge is 0.305 e. The van der Waals surface area contributed by atoms with Crippen molar-refractivity contribution in [2.24, 2.45) is 10.8 Å². The SMILES string of the molecule is CCCCCCCC(=O)OCC(CO)(COCC(CO)(COC(=O)CCCCCCC)COC(=O)CCCCCCC)COC(=O)CCCCCCC. The predicted molar refractivity (Wildman–Crippen MR) is 207 cm³/mol. The van der Waals surface area contributed by atoms with Crippen LogP contribution in [0.25, 0.3) is 0 Å². The normalized spacial score (nSPS) is 11.7. The van der Waals surface area contributed by atoms with Crippen molar-refractivity contribution < 1.29 is 53.1 Å². The van der Waals surface area contributed by atoms with Gasteiger partial charge in [0.15, 0.2) is 0 Å². The van der Waals surface area contributed by atoms with E-state index in [4.69, 9.17) is 23.7 Å². The maximum Gasteiger partial charge on any atom is 0.305 e. The van der Waals surface area contributed by atoms with Crippen molar-refractivity contribution >= 4 is 23.9 Å². The molecule has 0 fully saturated rings. The van der Waals surface area contributed by atoms with Crippen LogP contribution < -0.4 is 0 Å². The lowest BCUT2D eigenvalue weighted by molar-refractivity contribution is -0.168. The summed E-state index contributed by atoms with van der Waals surface area (Å²) in [5.41, 5.74) is -2.55. The Morgan fingerprint density at radius 1 is 0.358 bits per heavy atom. The van der Waals surface area contributed by atoms with Gasteiger partial charge in [-0.2, -0.15) is 0 Å². The van der Waals surface area contributed by atoms with Crippen LogP contribution in [-0.4, -0.2) is 86.9 Å². The highest BCUT2D eigenvalue weighted by molar-refractivity contribution is 5.70. The Kier molecular flexibility index (Phi) is 32.8. The highest BCUT2D eigenvalue weighted by Crippen LogP contribution is 2.25. The van der Waals surface area contributed by atoms with E-state index in [-0.39, 0.29) is 65.3 Å². The molecule has 11 heteroatoms. The number of aliphatic hydroxyl groups is 2. The Labute approximate surface area is 322 Å². The molecule has 0 aliphatic heterocycles. The molecule has 53 heavy (non-hydrogen) atoms. The number of unbranched alkanes of at least 4 members (excludes halogenated alkanes) is 16. The van der Waals surface area contributed by atoms with Gasteiger partial charge in [-0.05, 0) is 25.7 Å². The summed E-state index contributed by atoms with van der Waals surface area (Å²) in [7, 11) is 0. The number of esters is 4. The minimum absolute atomic E-state index is 0.199. The van der Waals surface area contributed by atoms with Crippen molar-refractivity contribution in [1.29, 1.82) is 0 Å². The topological polar surface area (TPSA) is 155 Å². The summed E-state index contributed by atoms with van der Waals surface area (Å²) in [4.78, 5) is 50.6. The van der Waals surface area contributed by atoms with Crippen LogP contribution in [0.2, 0.25) is 0 Å². The van der Waals surface area contributed by atoms with E-state index in [0.717, 1.165) is 103 Å². The number of rotatable bonds is 38. The van der Waals surface area contributed by atoms with Gasteiger partial charge in [-0.3, -0.25) is 19.2 Å². The van der Waals surface area contributed by atoms with Crippen molar-refractivity contribution in [3.63, 3.8) is 0 Å². The zero-order chi connectivity index (χ0) is 39.5. The quantitative estimate of drug-likeness (QED) is 0.0353. The Balaban J connectivity index is 5.69. The molecule has 0 saturated heterocycles. The van der Waals surface area contributed by atoms with E-state index in [1.54, 1.807) is 0 Å². The van der Waals surface area contributed by atoms with Crippen LogP contribution in [0.1, 0.15) is 182 Å². The first-order valence-electron chi connectivity index (χ1n) is 21.1. The average molecular weight is 759 g/mol. The van der Waals surface area contributed by atoms with Gasteiger partial charge in [-0.15, -0.1) is 0 Å². The second-order valence-corrected chi connectivity index (χ2v) is 15.1. The fraction of sp³-hybridized carbons (Fsp3) is 0.905. The first-order chi connectivity index (χ1) is 25.6. The molecule has 0 rings (SSSR count). The molecule has 0 aliphatic carbocycles. The second kappa shape index (κ2) is 34.3. The molecule has 0 saturated carbocycles. The third kappa shape index (κ3) is 27.9. The monoisotopic (exact) mass is 759 g/mol. The van der Waals surface area contributed by atoms with E-state index in [9.17, 15) is 29.4 Å². The van der Waals surface area contributed by atoms with E-state index < -0.39 is 47.9 Å². The van der Waals surface area contributed by atoms with Crippen molar-refractivity contribution in [2.75, 3.05) is 52.9 Å². The molecule has 0 unspecified atom stereocenters. The summed E-state index contributed by atoms with van der Waals surface area (Å²) in [6.07, 6.45) is 20.4. The first kappa shape index (κ1) is 50.8.